The summed E-state index contributed by atoms with van der Waals surface area (Å²) < 4.78 is 1.68. The Morgan fingerprint density at radius 1 is 1.45 bits per heavy atom. The number of carbonyl (C=O) groups is 1. The van der Waals surface area contributed by atoms with Crippen molar-refractivity contribution < 1.29 is 4.79 Å². The van der Waals surface area contributed by atoms with Gasteiger partial charge in [0.15, 0.2) is 0 Å². The van der Waals surface area contributed by atoms with Crippen LogP contribution in [0.1, 0.15) is 23.2 Å². The average molecular weight is 269 g/mol. The molecule has 102 valence electrons. The van der Waals surface area contributed by atoms with E-state index in [9.17, 15) is 4.79 Å². The number of anilines is 1. The fourth-order valence-corrected chi connectivity index (χ4v) is 2.53. The predicted molar refractivity (Wildman–Crippen MR) is 74.6 cm³/mol. The fraction of sp³-hybridized carbons (Fsp3) is 0.357. The maximum absolute atomic E-state index is 12.0. The van der Waals surface area contributed by atoms with Crippen molar-refractivity contribution in [3.8, 4) is 6.07 Å². The van der Waals surface area contributed by atoms with E-state index in [2.05, 4.69) is 15.3 Å². The molecule has 1 saturated heterocycles. The minimum atomic E-state index is -0.264. The molecule has 3 rings (SSSR count). The van der Waals surface area contributed by atoms with Gasteiger partial charge in [-0.15, -0.1) is 0 Å². The fourth-order valence-electron chi connectivity index (χ4n) is 2.53. The van der Waals surface area contributed by atoms with Gasteiger partial charge >= 0.3 is 0 Å². The molecule has 0 aliphatic carbocycles. The van der Waals surface area contributed by atoms with E-state index in [1.807, 2.05) is 24.4 Å². The SMILES string of the molecule is N#CCNC(=O)c1cnn2ccc(N3CCCC3)cc12. The van der Waals surface area contributed by atoms with Gasteiger partial charge in [-0.3, -0.25) is 4.79 Å². The Balaban J connectivity index is 1.95. The van der Waals surface area contributed by atoms with Gasteiger partial charge in [-0.05, 0) is 25.0 Å². The molecule has 0 atom stereocenters. The number of pyridine rings is 1. The van der Waals surface area contributed by atoms with E-state index in [1.54, 1.807) is 4.52 Å². The summed E-state index contributed by atoms with van der Waals surface area (Å²) in [5.74, 6) is -0.264. The molecule has 6 heteroatoms. The van der Waals surface area contributed by atoms with Crippen LogP contribution in [0.4, 0.5) is 5.69 Å². The first-order valence-corrected chi connectivity index (χ1v) is 6.67. The first-order valence-electron chi connectivity index (χ1n) is 6.67. The second-order valence-electron chi connectivity index (χ2n) is 4.81. The number of carbonyl (C=O) groups excluding carboxylic acids is 1. The molecule has 6 nitrogen and oxygen atoms in total. The molecule has 2 aromatic heterocycles. The number of aromatic nitrogens is 2. The lowest BCUT2D eigenvalue weighted by atomic mass is 10.2. The van der Waals surface area contributed by atoms with Gasteiger partial charge in [0.05, 0.1) is 23.3 Å². The van der Waals surface area contributed by atoms with E-state index in [0.29, 0.717) is 5.56 Å². The van der Waals surface area contributed by atoms with Crippen molar-refractivity contribution in [1.82, 2.24) is 14.9 Å². The van der Waals surface area contributed by atoms with Gasteiger partial charge in [-0.2, -0.15) is 10.4 Å². The molecular formula is C14H15N5O. The zero-order chi connectivity index (χ0) is 13.9. The minimum Gasteiger partial charge on any atom is -0.371 e. The van der Waals surface area contributed by atoms with Crippen LogP contribution in [-0.2, 0) is 0 Å². The molecule has 1 fully saturated rings. The molecule has 0 bridgehead atoms. The van der Waals surface area contributed by atoms with Crippen molar-refractivity contribution in [3.05, 3.63) is 30.1 Å². The van der Waals surface area contributed by atoms with E-state index in [1.165, 1.54) is 19.0 Å². The summed E-state index contributed by atoms with van der Waals surface area (Å²) in [6.45, 7) is 2.11. The van der Waals surface area contributed by atoms with Crippen molar-refractivity contribution in [2.45, 2.75) is 12.8 Å². The van der Waals surface area contributed by atoms with Crippen LogP contribution in [-0.4, -0.2) is 35.2 Å². The van der Waals surface area contributed by atoms with Crippen molar-refractivity contribution >= 4 is 17.1 Å². The highest BCUT2D eigenvalue weighted by molar-refractivity contribution is 6.01. The van der Waals surface area contributed by atoms with Crippen LogP contribution in [0.25, 0.3) is 5.52 Å². The molecule has 0 aromatic carbocycles. The second kappa shape index (κ2) is 5.21. The predicted octanol–water partition coefficient (Wildman–Crippen LogP) is 1.19. The molecule has 2 aromatic rings. The van der Waals surface area contributed by atoms with Gasteiger partial charge in [0.1, 0.15) is 6.54 Å². The number of amides is 1. The molecule has 1 amide bonds. The third-order valence-corrected chi connectivity index (χ3v) is 3.55. The molecule has 0 spiro atoms. The topological polar surface area (TPSA) is 73.4 Å². The Morgan fingerprint density at radius 2 is 2.25 bits per heavy atom. The maximum atomic E-state index is 12.0. The standard InChI is InChI=1S/C14H15N5O/c15-4-5-16-14(20)12-10-17-19-8-3-11(9-13(12)19)18-6-1-2-7-18/h3,8-10H,1-2,5-7H2,(H,16,20). The van der Waals surface area contributed by atoms with Gasteiger partial charge in [0, 0.05) is 25.0 Å². The third-order valence-electron chi connectivity index (χ3n) is 3.55. The minimum absolute atomic E-state index is 0.00197. The third kappa shape index (κ3) is 2.18. The zero-order valence-electron chi connectivity index (χ0n) is 11.0. The number of hydrogen-bond acceptors (Lipinski definition) is 4. The molecule has 3 heterocycles. The molecule has 1 aliphatic rings. The lowest BCUT2D eigenvalue weighted by Crippen LogP contribution is -2.23. The van der Waals surface area contributed by atoms with Crippen molar-refractivity contribution in [2.75, 3.05) is 24.5 Å². The average Bonchev–Trinajstić information content (AvgIpc) is 3.12. The van der Waals surface area contributed by atoms with Crippen LogP contribution in [0, 0.1) is 11.3 Å². The summed E-state index contributed by atoms with van der Waals surface area (Å²) >= 11 is 0. The quantitative estimate of drug-likeness (QED) is 0.849. The van der Waals surface area contributed by atoms with Gasteiger partial charge < -0.3 is 10.2 Å². The molecule has 0 radical (unpaired) electrons. The largest absolute Gasteiger partial charge is 0.371 e. The second-order valence-corrected chi connectivity index (χ2v) is 4.81. The van der Waals surface area contributed by atoms with Crippen LogP contribution >= 0.6 is 0 Å². The first-order chi connectivity index (χ1) is 9.79. The maximum Gasteiger partial charge on any atom is 0.255 e. The van der Waals surface area contributed by atoms with E-state index >= 15 is 0 Å². The molecule has 20 heavy (non-hydrogen) atoms. The summed E-state index contributed by atoms with van der Waals surface area (Å²) in [7, 11) is 0. The van der Waals surface area contributed by atoms with Crippen LogP contribution in [0.15, 0.2) is 24.5 Å². The van der Waals surface area contributed by atoms with E-state index in [-0.39, 0.29) is 12.5 Å². The highest BCUT2D eigenvalue weighted by atomic mass is 16.1. The van der Waals surface area contributed by atoms with Crippen LogP contribution < -0.4 is 10.2 Å². The van der Waals surface area contributed by atoms with Crippen LogP contribution in [0.3, 0.4) is 0 Å². The lowest BCUT2D eigenvalue weighted by Gasteiger charge is -2.17. The molecule has 0 unspecified atom stereocenters. The molecular weight excluding hydrogens is 254 g/mol. The number of hydrogen-bond donors (Lipinski definition) is 1. The Labute approximate surface area is 116 Å². The smallest absolute Gasteiger partial charge is 0.255 e. The van der Waals surface area contributed by atoms with Crippen molar-refractivity contribution in [1.29, 1.82) is 5.26 Å². The monoisotopic (exact) mass is 269 g/mol. The highest BCUT2D eigenvalue weighted by Gasteiger charge is 2.16. The number of rotatable bonds is 3. The number of nitriles is 1. The summed E-state index contributed by atoms with van der Waals surface area (Å²) in [5.41, 5.74) is 2.39. The normalized spacial score (nSPS) is 14.4. The Kier molecular flexibility index (Phi) is 3.25. The number of fused-ring (bicyclic) bond motifs is 1. The summed E-state index contributed by atoms with van der Waals surface area (Å²) in [6.07, 6.45) is 5.82. The van der Waals surface area contributed by atoms with Gasteiger partial charge in [-0.1, -0.05) is 0 Å². The van der Waals surface area contributed by atoms with E-state index < -0.39 is 0 Å². The van der Waals surface area contributed by atoms with E-state index in [0.717, 1.165) is 24.3 Å². The Morgan fingerprint density at radius 3 is 3.00 bits per heavy atom. The van der Waals surface area contributed by atoms with Crippen molar-refractivity contribution in [3.63, 3.8) is 0 Å². The first kappa shape index (κ1) is 12.5. The molecule has 0 saturated carbocycles. The van der Waals surface area contributed by atoms with Gasteiger partial charge in [-0.25, -0.2) is 4.52 Å². The van der Waals surface area contributed by atoms with Gasteiger partial charge in [0.2, 0.25) is 0 Å². The van der Waals surface area contributed by atoms with E-state index in [4.69, 9.17) is 5.26 Å². The van der Waals surface area contributed by atoms with Crippen molar-refractivity contribution in [2.24, 2.45) is 0 Å². The van der Waals surface area contributed by atoms with Crippen LogP contribution in [0.5, 0.6) is 0 Å². The molecule has 1 aliphatic heterocycles. The number of nitrogens with one attached hydrogen (secondary N) is 1. The summed E-state index contributed by atoms with van der Waals surface area (Å²) in [6, 6.07) is 5.90. The summed E-state index contributed by atoms with van der Waals surface area (Å²) in [4.78, 5) is 14.3. The van der Waals surface area contributed by atoms with Gasteiger partial charge in [0.25, 0.3) is 5.91 Å². The lowest BCUT2D eigenvalue weighted by molar-refractivity contribution is 0.0960. The highest BCUT2D eigenvalue weighted by Crippen LogP contribution is 2.23. The Bertz CT molecular complexity index is 678. The Hall–Kier alpha value is -2.55. The summed E-state index contributed by atoms with van der Waals surface area (Å²) in [5, 5.41) is 15.2. The zero-order valence-corrected chi connectivity index (χ0v) is 11.0. The number of nitrogens with zero attached hydrogens (tertiary/aromatic N) is 4. The van der Waals surface area contributed by atoms with Crippen LogP contribution in [0.2, 0.25) is 0 Å². The molecule has 1 N–H and O–H groups in total.